The zero-order valence-electron chi connectivity index (χ0n) is 15.2. The Morgan fingerprint density at radius 1 is 1.14 bits per heavy atom. The second-order valence-corrected chi connectivity index (χ2v) is 7.52. The van der Waals surface area contributed by atoms with Crippen LogP contribution in [0.2, 0.25) is 0 Å². The summed E-state index contributed by atoms with van der Waals surface area (Å²) in [5, 5.41) is 2.54. The first kappa shape index (κ1) is 22.4. The number of rotatable bonds is 8. The molecule has 1 aromatic carbocycles. The Morgan fingerprint density at radius 3 is 2.38 bits per heavy atom. The van der Waals surface area contributed by atoms with E-state index in [-0.39, 0.29) is 23.4 Å². The SMILES string of the molecule is CCn1cc(NC(=O)CCNS(=O)(=O)c2ccc(OC(F)(F)F)cc2)ccc1=O. The number of hydrogen-bond acceptors (Lipinski definition) is 5. The van der Waals surface area contributed by atoms with Crippen molar-refractivity contribution >= 4 is 21.6 Å². The van der Waals surface area contributed by atoms with Crippen molar-refractivity contribution in [3.63, 3.8) is 0 Å². The maximum atomic E-state index is 12.1. The first-order valence-corrected chi connectivity index (χ1v) is 9.84. The number of aryl methyl sites for hydroxylation is 1. The van der Waals surface area contributed by atoms with E-state index in [0.717, 1.165) is 24.3 Å². The molecule has 8 nitrogen and oxygen atoms in total. The number of aromatic nitrogens is 1. The van der Waals surface area contributed by atoms with Gasteiger partial charge in [0.2, 0.25) is 15.9 Å². The smallest absolute Gasteiger partial charge is 0.406 e. The molecule has 0 spiro atoms. The van der Waals surface area contributed by atoms with E-state index in [2.05, 4.69) is 14.8 Å². The molecule has 2 N–H and O–H groups in total. The molecule has 2 rings (SSSR count). The molecule has 1 aromatic heterocycles. The van der Waals surface area contributed by atoms with E-state index >= 15 is 0 Å². The predicted octanol–water partition coefficient (Wildman–Crippen LogP) is 2.07. The predicted molar refractivity (Wildman–Crippen MR) is 97.9 cm³/mol. The Bertz CT molecular complexity index is 1020. The molecule has 29 heavy (non-hydrogen) atoms. The minimum Gasteiger partial charge on any atom is -0.406 e. The summed E-state index contributed by atoms with van der Waals surface area (Å²) in [7, 11) is -4.02. The lowest BCUT2D eigenvalue weighted by molar-refractivity contribution is -0.274. The molecule has 0 radical (unpaired) electrons. The first-order chi connectivity index (χ1) is 13.5. The number of nitrogens with one attached hydrogen (secondary N) is 2. The standard InChI is InChI=1S/C17H18F3N3O5S/c1-2-23-11-12(3-8-16(23)25)22-15(24)9-10-21-29(26,27)14-6-4-13(5-7-14)28-17(18,19)20/h3-8,11,21H,2,9-10H2,1H3,(H,22,24). The highest BCUT2D eigenvalue weighted by molar-refractivity contribution is 7.89. The summed E-state index contributed by atoms with van der Waals surface area (Å²) in [6.45, 7) is 1.96. The quantitative estimate of drug-likeness (QED) is 0.663. The van der Waals surface area contributed by atoms with Gasteiger partial charge in [0, 0.05) is 31.8 Å². The number of sulfonamides is 1. The second kappa shape index (κ2) is 9.09. The minimum atomic E-state index is -4.88. The van der Waals surface area contributed by atoms with Gasteiger partial charge in [0.1, 0.15) is 5.75 Å². The average Bonchev–Trinajstić information content (AvgIpc) is 2.62. The van der Waals surface area contributed by atoms with Crippen LogP contribution in [0.4, 0.5) is 18.9 Å². The van der Waals surface area contributed by atoms with Gasteiger partial charge in [-0.3, -0.25) is 9.59 Å². The molecule has 0 aliphatic heterocycles. The van der Waals surface area contributed by atoms with Crippen molar-refractivity contribution in [1.82, 2.24) is 9.29 Å². The molecule has 0 saturated carbocycles. The van der Waals surface area contributed by atoms with Crippen LogP contribution in [0.3, 0.4) is 0 Å². The molecule has 0 aliphatic rings. The lowest BCUT2D eigenvalue weighted by atomic mass is 10.3. The highest BCUT2D eigenvalue weighted by Crippen LogP contribution is 2.23. The van der Waals surface area contributed by atoms with Gasteiger partial charge in [0.15, 0.2) is 0 Å². The van der Waals surface area contributed by atoms with E-state index < -0.39 is 28.0 Å². The van der Waals surface area contributed by atoms with Gasteiger partial charge in [0.25, 0.3) is 5.56 Å². The summed E-state index contributed by atoms with van der Waals surface area (Å²) in [5.41, 5.74) is 0.171. The molecule has 0 unspecified atom stereocenters. The third-order valence-corrected chi connectivity index (χ3v) is 5.10. The van der Waals surface area contributed by atoms with Gasteiger partial charge in [0.05, 0.1) is 10.6 Å². The summed E-state index contributed by atoms with van der Waals surface area (Å²) in [6.07, 6.45) is -3.61. The maximum absolute atomic E-state index is 12.1. The van der Waals surface area contributed by atoms with Crippen molar-refractivity contribution < 1.29 is 31.1 Å². The van der Waals surface area contributed by atoms with Crippen LogP contribution < -0.4 is 20.3 Å². The fourth-order valence-corrected chi connectivity index (χ4v) is 3.31. The Hall–Kier alpha value is -2.86. The van der Waals surface area contributed by atoms with E-state index in [0.29, 0.717) is 12.2 Å². The van der Waals surface area contributed by atoms with E-state index in [1.165, 1.54) is 22.9 Å². The Kier molecular flexibility index (Phi) is 7.03. The lowest BCUT2D eigenvalue weighted by Gasteiger charge is -2.10. The van der Waals surface area contributed by atoms with Crippen molar-refractivity contribution in [3.05, 3.63) is 52.9 Å². The van der Waals surface area contributed by atoms with Crippen molar-refractivity contribution in [2.75, 3.05) is 11.9 Å². The van der Waals surface area contributed by atoms with E-state index in [1.807, 2.05) is 0 Å². The number of anilines is 1. The third kappa shape index (κ3) is 6.91. The third-order valence-electron chi connectivity index (χ3n) is 3.62. The highest BCUT2D eigenvalue weighted by atomic mass is 32.2. The van der Waals surface area contributed by atoms with Gasteiger partial charge in [-0.15, -0.1) is 13.2 Å². The van der Waals surface area contributed by atoms with E-state index in [4.69, 9.17) is 0 Å². The van der Waals surface area contributed by atoms with Crippen LogP contribution >= 0.6 is 0 Å². The normalized spacial score (nSPS) is 11.9. The number of pyridine rings is 1. The molecule has 1 amide bonds. The Balaban J connectivity index is 1.90. The number of carbonyl (C=O) groups is 1. The Labute approximate surface area is 164 Å². The van der Waals surface area contributed by atoms with Gasteiger partial charge in [-0.1, -0.05) is 0 Å². The fraction of sp³-hybridized carbons (Fsp3) is 0.294. The van der Waals surface area contributed by atoms with Crippen LogP contribution in [-0.2, 0) is 21.4 Å². The molecule has 2 aromatic rings. The van der Waals surface area contributed by atoms with E-state index in [9.17, 15) is 31.2 Å². The summed E-state index contributed by atoms with van der Waals surface area (Å²) < 4.78 is 67.9. The molecule has 0 bridgehead atoms. The monoisotopic (exact) mass is 433 g/mol. The summed E-state index contributed by atoms with van der Waals surface area (Å²) in [4.78, 5) is 23.2. The fourth-order valence-electron chi connectivity index (χ4n) is 2.28. The van der Waals surface area contributed by atoms with Crippen LogP contribution in [0.15, 0.2) is 52.3 Å². The second-order valence-electron chi connectivity index (χ2n) is 5.76. The molecule has 0 atom stereocenters. The topological polar surface area (TPSA) is 106 Å². The van der Waals surface area contributed by atoms with Crippen LogP contribution in [0.5, 0.6) is 5.75 Å². The molecular formula is C17H18F3N3O5S. The van der Waals surface area contributed by atoms with Gasteiger partial charge < -0.3 is 14.6 Å². The van der Waals surface area contributed by atoms with Crippen molar-refractivity contribution in [1.29, 1.82) is 0 Å². The van der Waals surface area contributed by atoms with Crippen LogP contribution in [-0.4, -0.2) is 31.8 Å². The van der Waals surface area contributed by atoms with E-state index in [1.54, 1.807) is 6.92 Å². The maximum Gasteiger partial charge on any atom is 0.573 e. The van der Waals surface area contributed by atoms with Crippen LogP contribution in [0, 0.1) is 0 Å². The number of carbonyl (C=O) groups excluding carboxylic acids is 1. The molecule has 0 fully saturated rings. The Morgan fingerprint density at radius 2 is 1.79 bits per heavy atom. The summed E-state index contributed by atoms with van der Waals surface area (Å²) in [6, 6.07) is 6.39. The summed E-state index contributed by atoms with van der Waals surface area (Å²) in [5.74, 6) is -1.04. The minimum absolute atomic E-state index is 0.195. The van der Waals surface area contributed by atoms with Gasteiger partial charge in [-0.05, 0) is 37.3 Å². The number of nitrogens with zero attached hydrogens (tertiary/aromatic N) is 1. The zero-order chi connectivity index (χ0) is 21.7. The molecular weight excluding hydrogens is 415 g/mol. The number of ether oxygens (including phenoxy) is 1. The highest BCUT2D eigenvalue weighted by Gasteiger charge is 2.31. The molecule has 0 saturated heterocycles. The van der Waals surface area contributed by atoms with Crippen LogP contribution in [0.1, 0.15) is 13.3 Å². The molecule has 0 aliphatic carbocycles. The number of amides is 1. The average molecular weight is 433 g/mol. The lowest BCUT2D eigenvalue weighted by Crippen LogP contribution is -2.28. The van der Waals surface area contributed by atoms with Gasteiger partial charge >= 0.3 is 6.36 Å². The van der Waals surface area contributed by atoms with Gasteiger partial charge in [-0.2, -0.15) is 0 Å². The molecule has 1 heterocycles. The number of halogens is 3. The van der Waals surface area contributed by atoms with Crippen LogP contribution in [0.25, 0.3) is 0 Å². The zero-order valence-corrected chi connectivity index (χ0v) is 16.0. The summed E-state index contributed by atoms with van der Waals surface area (Å²) >= 11 is 0. The molecule has 12 heteroatoms. The van der Waals surface area contributed by atoms with Crippen molar-refractivity contribution in [2.24, 2.45) is 0 Å². The number of alkyl halides is 3. The van der Waals surface area contributed by atoms with Crippen molar-refractivity contribution in [3.8, 4) is 5.75 Å². The molecule has 158 valence electrons. The largest absolute Gasteiger partial charge is 0.573 e. The van der Waals surface area contributed by atoms with Gasteiger partial charge in [-0.25, -0.2) is 13.1 Å². The first-order valence-electron chi connectivity index (χ1n) is 8.36. The van der Waals surface area contributed by atoms with Crippen molar-refractivity contribution in [2.45, 2.75) is 31.1 Å². The number of hydrogen-bond donors (Lipinski definition) is 2. The number of benzene rings is 1.